The van der Waals surface area contributed by atoms with Gasteiger partial charge in [-0.3, -0.25) is 0 Å². The third-order valence-corrected chi connectivity index (χ3v) is 12.1. The molecule has 0 fully saturated rings. The second kappa shape index (κ2) is 8.74. The first-order chi connectivity index (χ1) is 24.8. The zero-order chi connectivity index (χ0) is 32.2. The molecule has 0 radical (unpaired) electrons. The molecule has 12 aromatic rings. The zero-order valence-corrected chi connectivity index (χ0v) is 27.0. The van der Waals surface area contributed by atoms with Crippen LogP contribution in [0.5, 0.6) is 0 Å². The van der Waals surface area contributed by atoms with E-state index in [0.29, 0.717) is 0 Å². The molecule has 0 spiro atoms. The van der Waals surface area contributed by atoms with E-state index in [9.17, 15) is 0 Å². The molecular formula is C50H26. The van der Waals surface area contributed by atoms with E-state index in [-0.39, 0.29) is 0 Å². The number of benzene rings is 12. The molecule has 13 rings (SSSR count). The molecule has 12 aromatic carbocycles. The molecule has 0 saturated heterocycles. The van der Waals surface area contributed by atoms with Crippen LogP contribution < -0.4 is 0 Å². The lowest BCUT2D eigenvalue weighted by Crippen LogP contribution is -1.89. The summed E-state index contributed by atoms with van der Waals surface area (Å²) in [6.45, 7) is 0. The van der Waals surface area contributed by atoms with E-state index < -0.39 is 0 Å². The molecule has 0 aliphatic heterocycles. The van der Waals surface area contributed by atoms with Gasteiger partial charge in [-0.25, -0.2) is 0 Å². The Bertz CT molecular complexity index is 3210. The summed E-state index contributed by atoms with van der Waals surface area (Å²) in [4.78, 5) is 0. The average molecular weight is 627 g/mol. The lowest BCUT2D eigenvalue weighted by Gasteiger charge is -2.16. The highest BCUT2D eigenvalue weighted by Gasteiger charge is 2.25. The fourth-order valence-electron chi connectivity index (χ4n) is 9.97. The van der Waals surface area contributed by atoms with Crippen molar-refractivity contribution in [3.8, 4) is 33.4 Å². The first kappa shape index (κ1) is 25.5. The van der Waals surface area contributed by atoms with Gasteiger partial charge in [-0.1, -0.05) is 158 Å². The summed E-state index contributed by atoms with van der Waals surface area (Å²) in [5, 5.41) is 24.1. The van der Waals surface area contributed by atoms with Gasteiger partial charge in [0.15, 0.2) is 0 Å². The van der Waals surface area contributed by atoms with Gasteiger partial charge in [0.05, 0.1) is 0 Å². The van der Waals surface area contributed by atoms with Gasteiger partial charge >= 0.3 is 0 Å². The highest BCUT2D eigenvalue weighted by molar-refractivity contribution is 6.37. The summed E-state index contributed by atoms with van der Waals surface area (Å²) in [7, 11) is 0. The molecule has 0 atom stereocenters. The Morgan fingerprint density at radius 1 is 0.160 bits per heavy atom. The smallest absolute Gasteiger partial charge is 0.00139 e. The Morgan fingerprint density at radius 2 is 0.420 bits per heavy atom. The molecule has 0 amide bonds. The monoisotopic (exact) mass is 626 g/mol. The summed E-state index contributed by atoms with van der Waals surface area (Å²) in [5.41, 5.74) is 7.92. The van der Waals surface area contributed by atoms with Gasteiger partial charge in [-0.15, -0.1) is 0 Å². The van der Waals surface area contributed by atoms with Crippen LogP contribution in [0.3, 0.4) is 0 Å². The van der Waals surface area contributed by atoms with Crippen LogP contribution in [0.4, 0.5) is 0 Å². The fourth-order valence-corrected chi connectivity index (χ4v) is 9.97. The molecule has 0 aromatic heterocycles. The minimum atomic E-state index is 1.30. The van der Waals surface area contributed by atoms with E-state index in [1.807, 2.05) is 0 Å². The molecule has 0 heteroatoms. The van der Waals surface area contributed by atoms with Crippen LogP contribution in [0.15, 0.2) is 158 Å². The Balaban J connectivity index is 1.10. The third-order valence-electron chi connectivity index (χ3n) is 12.1. The minimum absolute atomic E-state index is 1.30. The Hall–Kier alpha value is -6.50. The second-order valence-electron chi connectivity index (χ2n) is 14.3. The minimum Gasteiger partial charge on any atom is -0.0610 e. The molecule has 0 heterocycles. The van der Waals surface area contributed by atoms with E-state index in [4.69, 9.17) is 0 Å². The van der Waals surface area contributed by atoms with Crippen molar-refractivity contribution >= 4 is 97.0 Å². The van der Waals surface area contributed by atoms with Crippen LogP contribution in [0, 0.1) is 0 Å². The van der Waals surface area contributed by atoms with E-state index in [2.05, 4.69) is 158 Å². The topological polar surface area (TPSA) is 0 Å². The predicted octanol–water partition coefficient (Wildman–Crippen LogP) is 14.3. The lowest BCUT2D eigenvalue weighted by molar-refractivity contribution is 1.70. The van der Waals surface area contributed by atoms with Gasteiger partial charge in [0.2, 0.25) is 0 Å². The van der Waals surface area contributed by atoms with Crippen LogP contribution in [-0.2, 0) is 0 Å². The van der Waals surface area contributed by atoms with E-state index in [1.165, 1.54) is 130 Å². The molecular weight excluding hydrogens is 601 g/mol. The summed E-state index contributed by atoms with van der Waals surface area (Å²) >= 11 is 0. The first-order valence-electron chi connectivity index (χ1n) is 17.6. The van der Waals surface area contributed by atoms with Crippen LogP contribution >= 0.6 is 0 Å². The van der Waals surface area contributed by atoms with Gasteiger partial charge in [-0.2, -0.15) is 0 Å². The molecule has 0 bridgehead atoms. The number of hydrogen-bond acceptors (Lipinski definition) is 0. The summed E-state index contributed by atoms with van der Waals surface area (Å²) in [6, 6.07) is 60.0. The summed E-state index contributed by atoms with van der Waals surface area (Å²) in [6.07, 6.45) is 0. The van der Waals surface area contributed by atoms with Crippen LogP contribution in [-0.4, -0.2) is 0 Å². The standard InChI is InChI=1S/C50H26/c1-3-27-7-9-31-11-17-34(38-19-13-29(5-1)44(27)46(31)38)36-23-25-42-43-26-24-37(41-22-16-33-15-21-40(36)49(42)48(33)50(41)43)35-18-12-32-10-8-28-4-2-6-30-14-20-39(35)47(32)45(28)30/h1-26H. The van der Waals surface area contributed by atoms with E-state index in [0.717, 1.165) is 0 Å². The SMILES string of the molecule is c1cc2ccc3ccc(-c4ccc5c6c4ccc4ccc7c(-c8ccc9ccc%10cccc%11ccc8c9c%10%11)ccc-5c7c46)c4ccc(c1)c2c34. The average Bonchev–Trinajstić information content (AvgIpc) is 3.52. The first-order valence-corrected chi connectivity index (χ1v) is 17.6. The van der Waals surface area contributed by atoms with Crippen molar-refractivity contribution in [3.05, 3.63) is 158 Å². The van der Waals surface area contributed by atoms with E-state index >= 15 is 0 Å². The van der Waals surface area contributed by atoms with Gasteiger partial charge < -0.3 is 0 Å². The Labute approximate surface area is 287 Å². The molecule has 0 unspecified atom stereocenters. The summed E-state index contributed by atoms with van der Waals surface area (Å²) < 4.78 is 0. The third kappa shape index (κ3) is 2.97. The van der Waals surface area contributed by atoms with Crippen molar-refractivity contribution in [2.45, 2.75) is 0 Å². The lowest BCUT2D eigenvalue weighted by atomic mass is 9.87. The van der Waals surface area contributed by atoms with Crippen LogP contribution in [0.25, 0.3) is 130 Å². The second-order valence-corrected chi connectivity index (χ2v) is 14.3. The maximum Gasteiger partial charge on any atom is -0.00139 e. The maximum absolute atomic E-state index is 2.39. The maximum atomic E-state index is 2.39. The van der Waals surface area contributed by atoms with Crippen molar-refractivity contribution in [1.29, 1.82) is 0 Å². The predicted molar refractivity (Wildman–Crippen MR) is 216 cm³/mol. The Morgan fingerprint density at radius 3 is 0.820 bits per heavy atom. The quantitative estimate of drug-likeness (QED) is 0.168. The number of rotatable bonds is 2. The van der Waals surface area contributed by atoms with Crippen molar-refractivity contribution in [2.75, 3.05) is 0 Å². The molecule has 0 saturated carbocycles. The largest absolute Gasteiger partial charge is 0.0610 e. The van der Waals surface area contributed by atoms with Gasteiger partial charge in [0, 0.05) is 0 Å². The van der Waals surface area contributed by atoms with Gasteiger partial charge in [-0.05, 0) is 130 Å². The zero-order valence-electron chi connectivity index (χ0n) is 27.0. The van der Waals surface area contributed by atoms with Crippen molar-refractivity contribution in [2.24, 2.45) is 0 Å². The van der Waals surface area contributed by atoms with Crippen LogP contribution in [0.1, 0.15) is 0 Å². The van der Waals surface area contributed by atoms with Crippen molar-refractivity contribution < 1.29 is 0 Å². The molecule has 0 nitrogen and oxygen atoms in total. The fraction of sp³-hybridized carbons (Fsp3) is 0. The Kier molecular flexibility index (Phi) is 4.46. The van der Waals surface area contributed by atoms with Crippen molar-refractivity contribution in [3.63, 3.8) is 0 Å². The summed E-state index contributed by atoms with van der Waals surface area (Å²) in [5.74, 6) is 0. The normalized spacial score (nSPS) is 12.8. The molecule has 1 aliphatic carbocycles. The number of fused-ring (bicyclic) bond motifs is 1. The molecule has 226 valence electrons. The van der Waals surface area contributed by atoms with Gasteiger partial charge in [0.1, 0.15) is 0 Å². The highest BCUT2D eigenvalue weighted by Crippen LogP contribution is 2.53. The highest BCUT2D eigenvalue weighted by atomic mass is 14.3. The van der Waals surface area contributed by atoms with Crippen molar-refractivity contribution in [1.82, 2.24) is 0 Å². The molecule has 1 aliphatic rings. The van der Waals surface area contributed by atoms with Gasteiger partial charge in [0.25, 0.3) is 0 Å². The molecule has 0 N–H and O–H groups in total. The van der Waals surface area contributed by atoms with Crippen LogP contribution in [0.2, 0.25) is 0 Å². The van der Waals surface area contributed by atoms with E-state index in [1.54, 1.807) is 0 Å². The molecule has 50 heavy (non-hydrogen) atoms. The number of hydrogen-bond donors (Lipinski definition) is 0.